The normalized spacial score (nSPS) is 11.5. The first-order valence-electron chi connectivity index (χ1n) is 6.13. The number of benzene rings is 1. The molecule has 0 atom stereocenters. The largest absolute Gasteiger partial charge is 0.493 e. The zero-order valence-electron chi connectivity index (χ0n) is 11.2. The molecule has 0 saturated heterocycles. The minimum atomic E-state index is -3.86. The fraction of sp³-hybridized carbons (Fsp3) is 0.214. The van der Waals surface area contributed by atoms with Crippen LogP contribution in [0.15, 0.2) is 51.0 Å². The van der Waals surface area contributed by atoms with Gasteiger partial charge < -0.3 is 5.11 Å². The van der Waals surface area contributed by atoms with E-state index in [4.69, 9.17) is 0 Å². The Labute approximate surface area is 117 Å². The minimum absolute atomic E-state index is 0.0831. The summed E-state index contributed by atoms with van der Waals surface area (Å²) in [7, 11) is -3.86. The van der Waals surface area contributed by atoms with E-state index in [1.165, 1.54) is 25.1 Å². The Bertz CT molecular complexity index is 792. The maximum atomic E-state index is 12.6. The summed E-state index contributed by atoms with van der Waals surface area (Å²) in [6.45, 7) is 3.36. The molecule has 1 aromatic carbocycles. The van der Waals surface area contributed by atoms with Crippen LogP contribution in [0.4, 0.5) is 0 Å². The molecule has 0 saturated carbocycles. The third kappa shape index (κ3) is 2.22. The second kappa shape index (κ2) is 5.13. The molecule has 20 heavy (non-hydrogen) atoms. The van der Waals surface area contributed by atoms with Gasteiger partial charge in [0.1, 0.15) is 4.90 Å². The molecule has 2 rings (SSSR count). The molecule has 0 radical (unpaired) electrons. The van der Waals surface area contributed by atoms with Crippen molar-refractivity contribution in [2.75, 3.05) is 0 Å². The lowest BCUT2D eigenvalue weighted by Crippen LogP contribution is -2.21. The van der Waals surface area contributed by atoms with Crippen LogP contribution in [0.1, 0.15) is 12.5 Å². The van der Waals surface area contributed by atoms with Crippen molar-refractivity contribution in [3.05, 3.63) is 52.3 Å². The van der Waals surface area contributed by atoms with E-state index in [1.807, 2.05) is 0 Å². The number of aromatic hydroxyl groups is 1. The molecule has 1 aromatic heterocycles. The van der Waals surface area contributed by atoms with E-state index < -0.39 is 21.3 Å². The summed E-state index contributed by atoms with van der Waals surface area (Å²) in [6, 6.07) is 9.05. The highest BCUT2D eigenvalue weighted by atomic mass is 32.2. The van der Waals surface area contributed by atoms with Crippen molar-refractivity contribution in [2.24, 2.45) is 0 Å². The van der Waals surface area contributed by atoms with E-state index in [0.29, 0.717) is 0 Å². The summed E-state index contributed by atoms with van der Waals surface area (Å²) in [4.78, 5) is 11.6. The molecule has 0 spiro atoms. The van der Waals surface area contributed by atoms with Gasteiger partial charge in [-0.2, -0.15) is 0 Å². The van der Waals surface area contributed by atoms with Crippen LogP contribution in [-0.4, -0.2) is 18.1 Å². The van der Waals surface area contributed by atoms with Gasteiger partial charge in [0.05, 0.1) is 4.90 Å². The van der Waals surface area contributed by atoms with Crippen LogP contribution >= 0.6 is 0 Å². The molecule has 0 aliphatic rings. The average molecular weight is 293 g/mol. The summed E-state index contributed by atoms with van der Waals surface area (Å²) < 4.78 is 26.2. The first-order chi connectivity index (χ1) is 9.39. The van der Waals surface area contributed by atoms with E-state index in [-0.39, 0.29) is 21.9 Å². The lowest BCUT2D eigenvalue weighted by atomic mass is 10.3. The monoisotopic (exact) mass is 293 g/mol. The van der Waals surface area contributed by atoms with Gasteiger partial charge in [0, 0.05) is 12.6 Å². The zero-order valence-corrected chi connectivity index (χ0v) is 12.0. The molecule has 106 valence electrons. The van der Waals surface area contributed by atoms with Crippen LogP contribution in [0.5, 0.6) is 5.88 Å². The molecule has 0 amide bonds. The highest BCUT2D eigenvalue weighted by molar-refractivity contribution is 7.91. The average Bonchev–Trinajstić information content (AvgIpc) is 2.39. The minimum Gasteiger partial charge on any atom is -0.493 e. The van der Waals surface area contributed by atoms with Gasteiger partial charge in [-0.1, -0.05) is 18.2 Å². The molecule has 0 unspecified atom stereocenters. The Balaban J connectivity index is 2.80. The van der Waals surface area contributed by atoms with E-state index in [9.17, 15) is 18.3 Å². The van der Waals surface area contributed by atoms with Gasteiger partial charge in [-0.25, -0.2) is 8.42 Å². The molecule has 0 fully saturated rings. The van der Waals surface area contributed by atoms with E-state index in [0.717, 1.165) is 4.57 Å². The molecule has 2 aromatic rings. The van der Waals surface area contributed by atoms with Crippen molar-refractivity contribution in [1.82, 2.24) is 4.57 Å². The Morgan fingerprint density at radius 1 is 1.20 bits per heavy atom. The molecule has 1 heterocycles. The summed E-state index contributed by atoms with van der Waals surface area (Å²) >= 11 is 0. The lowest BCUT2D eigenvalue weighted by Gasteiger charge is -2.13. The maximum Gasteiger partial charge on any atom is 0.253 e. The number of hydrogen-bond acceptors (Lipinski definition) is 4. The highest BCUT2D eigenvalue weighted by Crippen LogP contribution is 2.30. The fourth-order valence-electron chi connectivity index (χ4n) is 2.09. The molecule has 5 nitrogen and oxygen atoms in total. The molecule has 0 aliphatic heterocycles. The van der Waals surface area contributed by atoms with Gasteiger partial charge in [0.25, 0.3) is 5.56 Å². The second-order valence-corrected chi connectivity index (χ2v) is 6.27. The van der Waals surface area contributed by atoms with Gasteiger partial charge >= 0.3 is 0 Å². The molecule has 1 N–H and O–H groups in total. The maximum absolute atomic E-state index is 12.6. The van der Waals surface area contributed by atoms with Crippen molar-refractivity contribution in [2.45, 2.75) is 30.2 Å². The first kappa shape index (κ1) is 14.3. The Hall–Kier alpha value is -2.08. The topological polar surface area (TPSA) is 76.4 Å². The molecule has 0 bridgehead atoms. The number of nitrogens with zero attached hydrogens (tertiary/aromatic N) is 1. The van der Waals surface area contributed by atoms with Crippen LogP contribution < -0.4 is 5.56 Å². The van der Waals surface area contributed by atoms with E-state index >= 15 is 0 Å². The van der Waals surface area contributed by atoms with Crippen LogP contribution in [0.25, 0.3) is 0 Å². The first-order valence-corrected chi connectivity index (χ1v) is 7.61. The summed E-state index contributed by atoms with van der Waals surface area (Å²) in [5, 5.41) is 10.1. The van der Waals surface area contributed by atoms with Gasteiger partial charge in [-0.15, -0.1) is 0 Å². The summed E-state index contributed by atoms with van der Waals surface area (Å²) in [5.74, 6) is -0.513. The summed E-state index contributed by atoms with van der Waals surface area (Å²) in [6.07, 6.45) is 0. The molecule has 0 aliphatic carbocycles. The van der Waals surface area contributed by atoms with Crippen LogP contribution in [0.3, 0.4) is 0 Å². The number of pyridine rings is 1. The van der Waals surface area contributed by atoms with Gasteiger partial charge in [-0.05, 0) is 31.5 Å². The number of hydrogen-bond donors (Lipinski definition) is 1. The van der Waals surface area contributed by atoms with E-state index in [2.05, 4.69) is 0 Å². The van der Waals surface area contributed by atoms with Crippen molar-refractivity contribution in [1.29, 1.82) is 0 Å². The number of rotatable bonds is 3. The fourth-order valence-corrected chi connectivity index (χ4v) is 3.67. The van der Waals surface area contributed by atoms with Gasteiger partial charge in [0.2, 0.25) is 15.7 Å². The third-order valence-electron chi connectivity index (χ3n) is 3.06. The van der Waals surface area contributed by atoms with Crippen molar-refractivity contribution in [3.8, 4) is 5.88 Å². The van der Waals surface area contributed by atoms with E-state index in [1.54, 1.807) is 25.1 Å². The molecular weight excluding hydrogens is 278 g/mol. The van der Waals surface area contributed by atoms with Crippen LogP contribution in [0, 0.1) is 6.92 Å². The number of aromatic nitrogens is 1. The SMILES string of the molecule is CCn1c(O)c(S(=O)(=O)c2ccccc2)c(C)cc1=O. The van der Waals surface area contributed by atoms with Crippen LogP contribution in [0.2, 0.25) is 0 Å². The predicted octanol–water partition coefficient (Wildman–Crippen LogP) is 1.72. The Morgan fingerprint density at radius 2 is 1.80 bits per heavy atom. The Morgan fingerprint density at radius 3 is 2.35 bits per heavy atom. The molecular formula is C14H15NO4S. The summed E-state index contributed by atoms with van der Waals surface area (Å²) in [5.41, 5.74) is -0.185. The molecule has 6 heteroatoms. The smallest absolute Gasteiger partial charge is 0.253 e. The predicted molar refractivity (Wildman–Crippen MR) is 74.7 cm³/mol. The van der Waals surface area contributed by atoms with Gasteiger partial charge in [-0.3, -0.25) is 9.36 Å². The zero-order chi connectivity index (χ0) is 14.9. The second-order valence-electron chi connectivity index (χ2n) is 4.38. The van der Waals surface area contributed by atoms with Crippen molar-refractivity contribution in [3.63, 3.8) is 0 Å². The van der Waals surface area contributed by atoms with Crippen molar-refractivity contribution < 1.29 is 13.5 Å². The van der Waals surface area contributed by atoms with Gasteiger partial charge in [0.15, 0.2) is 0 Å². The standard InChI is InChI=1S/C14H15NO4S/c1-3-15-12(16)9-10(2)13(14(15)17)20(18,19)11-7-5-4-6-8-11/h4-9,17H,3H2,1-2H3. The highest BCUT2D eigenvalue weighted by Gasteiger charge is 2.26. The quantitative estimate of drug-likeness (QED) is 0.934. The third-order valence-corrected chi connectivity index (χ3v) is 5.00. The van der Waals surface area contributed by atoms with Crippen molar-refractivity contribution >= 4 is 9.84 Å². The lowest BCUT2D eigenvalue weighted by molar-refractivity contribution is 0.393. The Kier molecular flexibility index (Phi) is 3.67. The van der Waals surface area contributed by atoms with Crippen LogP contribution in [-0.2, 0) is 16.4 Å². The number of sulfone groups is 1. The number of aryl methyl sites for hydroxylation is 1.